The summed E-state index contributed by atoms with van der Waals surface area (Å²) in [6, 6.07) is 9.60. The third kappa shape index (κ3) is 3.48. The van der Waals surface area contributed by atoms with E-state index in [4.69, 9.17) is 5.41 Å². The van der Waals surface area contributed by atoms with Gasteiger partial charge in [0.05, 0.1) is 5.92 Å². The highest BCUT2D eigenvalue weighted by Gasteiger charge is 2.57. The molecule has 2 N–H and O–H groups in total. The zero-order valence-electron chi connectivity index (χ0n) is 18.1. The van der Waals surface area contributed by atoms with Crippen molar-refractivity contribution >= 4 is 29.1 Å². The molecule has 2 aromatic heterocycles. The Morgan fingerprint density at radius 3 is 2.85 bits per heavy atom. The third-order valence-corrected chi connectivity index (χ3v) is 7.46. The zero-order valence-corrected chi connectivity index (χ0v) is 18.9. The first-order valence-electron chi connectivity index (χ1n) is 10.5. The van der Waals surface area contributed by atoms with E-state index >= 15 is 0 Å². The van der Waals surface area contributed by atoms with Crippen molar-refractivity contribution in [3.63, 3.8) is 0 Å². The van der Waals surface area contributed by atoms with Crippen LogP contribution in [-0.4, -0.2) is 52.7 Å². The fraction of sp³-hybridized carbons (Fsp3) is 0.250. The number of aromatic nitrogens is 1. The molecule has 0 radical (unpaired) electrons. The summed E-state index contributed by atoms with van der Waals surface area (Å²) in [6.07, 6.45) is 3.58. The van der Waals surface area contributed by atoms with Gasteiger partial charge in [-0.05, 0) is 53.8 Å². The Morgan fingerprint density at radius 2 is 2.09 bits per heavy atom. The van der Waals surface area contributed by atoms with Crippen LogP contribution in [0, 0.1) is 24.1 Å². The highest BCUT2D eigenvalue weighted by molar-refractivity contribution is 7.10. The van der Waals surface area contributed by atoms with E-state index < -0.39 is 17.3 Å². The standard InChI is InChI=1S/C24H22FN5O2S/c1-14-6-16(10-27-9-14)17-8-20(33-12-17)24-13-30(21(31)15-4-3-5-18(25)7-15)11-19(24)22(32)29(2)23(26)28-24/h3-10,12,19H,11,13H2,1-2H3,(H2,26,28)/t19?,24-/m0/s1. The van der Waals surface area contributed by atoms with Crippen molar-refractivity contribution in [3.05, 3.63) is 76.0 Å². The zero-order chi connectivity index (χ0) is 23.3. The minimum Gasteiger partial charge on any atom is -0.343 e. The van der Waals surface area contributed by atoms with Gasteiger partial charge in [-0.15, -0.1) is 11.3 Å². The van der Waals surface area contributed by atoms with Crippen molar-refractivity contribution in [2.24, 2.45) is 5.92 Å². The number of aryl methyl sites for hydroxylation is 1. The van der Waals surface area contributed by atoms with Gasteiger partial charge in [-0.1, -0.05) is 6.07 Å². The van der Waals surface area contributed by atoms with Crippen LogP contribution in [0.4, 0.5) is 4.39 Å². The minimum atomic E-state index is -0.927. The molecule has 5 rings (SSSR count). The molecule has 7 nitrogen and oxygen atoms in total. The molecule has 2 saturated heterocycles. The number of amides is 2. The normalized spacial score (nSPS) is 22.3. The summed E-state index contributed by atoms with van der Waals surface area (Å²) in [5.74, 6) is -1.63. The van der Waals surface area contributed by atoms with Crippen molar-refractivity contribution in [2.75, 3.05) is 20.1 Å². The van der Waals surface area contributed by atoms with Gasteiger partial charge in [-0.25, -0.2) is 4.39 Å². The first-order valence-corrected chi connectivity index (χ1v) is 11.4. The second-order valence-corrected chi connectivity index (χ2v) is 9.45. The smallest absolute Gasteiger partial charge is 0.254 e. The number of hydrogen-bond donors (Lipinski definition) is 2. The largest absolute Gasteiger partial charge is 0.343 e. The Hall–Kier alpha value is -3.59. The van der Waals surface area contributed by atoms with E-state index in [2.05, 4.69) is 10.3 Å². The summed E-state index contributed by atoms with van der Waals surface area (Å²) in [5.41, 5.74) is 2.28. The monoisotopic (exact) mass is 463 g/mol. The Balaban J connectivity index is 1.55. The number of carbonyl (C=O) groups is 2. The molecular weight excluding hydrogens is 441 g/mol. The summed E-state index contributed by atoms with van der Waals surface area (Å²) in [7, 11) is 1.55. The fourth-order valence-corrected chi connectivity index (χ4v) is 5.73. The van der Waals surface area contributed by atoms with Gasteiger partial charge in [0.1, 0.15) is 11.4 Å². The number of nitrogens with zero attached hydrogens (tertiary/aromatic N) is 3. The molecule has 0 aliphatic carbocycles. The van der Waals surface area contributed by atoms with Gasteiger partial charge in [0, 0.05) is 48.5 Å². The number of fused-ring (bicyclic) bond motifs is 1. The van der Waals surface area contributed by atoms with E-state index in [1.54, 1.807) is 30.4 Å². The van der Waals surface area contributed by atoms with Gasteiger partial charge >= 0.3 is 0 Å². The van der Waals surface area contributed by atoms with Crippen molar-refractivity contribution in [1.29, 1.82) is 5.41 Å². The van der Waals surface area contributed by atoms with E-state index in [-0.39, 0.29) is 36.4 Å². The van der Waals surface area contributed by atoms with E-state index in [1.165, 1.54) is 34.4 Å². The first kappa shape index (κ1) is 21.3. The lowest BCUT2D eigenvalue weighted by molar-refractivity contribution is -0.134. The van der Waals surface area contributed by atoms with Crippen LogP contribution in [0.5, 0.6) is 0 Å². The lowest BCUT2D eigenvalue weighted by atomic mass is 9.82. The molecule has 2 aliphatic rings. The second-order valence-electron chi connectivity index (χ2n) is 8.54. The van der Waals surface area contributed by atoms with Crippen LogP contribution in [-0.2, 0) is 10.3 Å². The van der Waals surface area contributed by atoms with Gasteiger partial charge < -0.3 is 10.2 Å². The van der Waals surface area contributed by atoms with Gasteiger partial charge in [-0.3, -0.25) is 24.9 Å². The molecule has 33 heavy (non-hydrogen) atoms. The second kappa shape index (κ2) is 7.77. The Kier molecular flexibility index (Phi) is 5.01. The highest BCUT2D eigenvalue weighted by Crippen LogP contribution is 2.44. The molecule has 0 spiro atoms. The van der Waals surface area contributed by atoms with Gasteiger partial charge in [-0.2, -0.15) is 0 Å². The van der Waals surface area contributed by atoms with E-state index in [0.717, 1.165) is 21.6 Å². The maximum absolute atomic E-state index is 13.7. The van der Waals surface area contributed by atoms with Crippen LogP contribution in [0.1, 0.15) is 20.8 Å². The van der Waals surface area contributed by atoms with Crippen LogP contribution in [0.2, 0.25) is 0 Å². The number of halogens is 1. The topological polar surface area (TPSA) is 89.4 Å². The molecule has 2 atom stereocenters. The first-order chi connectivity index (χ1) is 15.8. The van der Waals surface area contributed by atoms with Crippen LogP contribution in [0.3, 0.4) is 0 Å². The average molecular weight is 464 g/mol. The van der Waals surface area contributed by atoms with E-state index in [9.17, 15) is 14.0 Å². The molecule has 3 aromatic rings. The Morgan fingerprint density at radius 1 is 1.27 bits per heavy atom. The van der Waals surface area contributed by atoms with Crippen LogP contribution in [0.25, 0.3) is 11.1 Å². The van der Waals surface area contributed by atoms with Crippen LogP contribution < -0.4 is 5.32 Å². The maximum Gasteiger partial charge on any atom is 0.254 e. The predicted molar refractivity (Wildman–Crippen MR) is 123 cm³/mol. The molecule has 0 bridgehead atoms. The van der Waals surface area contributed by atoms with Crippen molar-refractivity contribution < 1.29 is 14.0 Å². The number of carbonyl (C=O) groups excluding carboxylic acids is 2. The average Bonchev–Trinajstić information content (AvgIpc) is 3.44. The SMILES string of the molecule is Cc1cncc(-c2csc([C@]34CN(C(=O)c5cccc(F)c5)CC3C(=O)N(C)C(=N)N4)c2)c1. The Bertz CT molecular complexity index is 1290. The molecule has 1 aromatic carbocycles. The number of thiophene rings is 1. The van der Waals surface area contributed by atoms with E-state index in [0.29, 0.717) is 0 Å². The highest BCUT2D eigenvalue weighted by atomic mass is 32.1. The number of hydrogen-bond acceptors (Lipinski definition) is 5. The molecule has 1 unspecified atom stereocenters. The molecular formula is C24H22FN5O2S. The van der Waals surface area contributed by atoms with Crippen molar-refractivity contribution in [1.82, 2.24) is 20.1 Å². The Labute approximate surface area is 194 Å². The molecule has 2 fully saturated rings. The third-order valence-electron chi connectivity index (χ3n) is 6.35. The molecule has 4 heterocycles. The summed E-state index contributed by atoms with van der Waals surface area (Å²) >= 11 is 1.49. The predicted octanol–water partition coefficient (Wildman–Crippen LogP) is 3.22. The van der Waals surface area contributed by atoms with Gasteiger partial charge in [0.25, 0.3) is 5.91 Å². The van der Waals surface area contributed by atoms with Gasteiger partial charge in [0.2, 0.25) is 5.91 Å². The summed E-state index contributed by atoms with van der Waals surface area (Å²) in [4.78, 5) is 34.4. The lowest BCUT2D eigenvalue weighted by Gasteiger charge is -2.42. The molecule has 9 heteroatoms. The van der Waals surface area contributed by atoms with Crippen molar-refractivity contribution in [2.45, 2.75) is 12.5 Å². The lowest BCUT2D eigenvalue weighted by Crippen LogP contribution is -2.64. The van der Waals surface area contributed by atoms with Crippen molar-refractivity contribution in [3.8, 4) is 11.1 Å². The number of pyridine rings is 1. The van der Waals surface area contributed by atoms with Crippen LogP contribution in [0.15, 0.2) is 54.2 Å². The van der Waals surface area contributed by atoms with Gasteiger partial charge in [0.15, 0.2) is 5.96 Å². The molecule has 2 amide bonds. The number of rotatable bonds is 3. The fourth-order valence-electron chi connectivity index (χ4n) is 4.61. The summed E-state index contributed by atoms with van der Waals surface area (Å²) < 4.78 is 13.7. The molecule has 2 aliphatic heterocycles. The molecule has 0 saturated carbocycles. The van der Waals surface area contributed by atoms with Crippen LogP contribution >= 0.6 is 11.3 Å². The number of likely N-dealkylation sites (tertiary alicyclic amines) is 1. The quantitative estimate of drug-likeness (QED) is 0.624. The van der Waals surface area contributed by atoms with E-state index in [1.807, 2.05) is 24.4 Å². The molecule has 168 valence electrons. The number of guanidine groups is 1. The number of nitrogens with one attached hydrogen (secondary N) is 2. The summed E-state index contributed by atoms with van der Waals surface area (Å²) in [5, 5.41) is 13.6. The minimum absolute atomic E-state index is 0.0107. The number of benzene rings is 1. The maximum atomic E-state index is 13.7. The summed E-state index contributed by atoms with van der Waals surface area (Å²) in [6.45, 7) is 2.35.